The number of nitrogens with one attached hydrogen (secondary N) is 1. The monoisotopic (exact) mass is 523 g/mol. The molecule has 38 heavy (non-hydrogen) atoms. The van der Waals surface area contributed by atoms with Crippen molar-refractivity contribution < 1.29 is 18.7 Å². The van der Waals surface area contributed by atoms with Crippen molar-refractivity contribution in [1.29, 1.82) is 0 Å². The Morgan fingerprint density at radius 3 is 2.47 bits per heavy atom. The molecule has 1 aromatic heterocycles. The zero-order chi connectivity index (χ0) is 27.8. The largest absolute Gasteiger partial charge is 0.496 e. The van der Waals surface area contributed by atoms with Gasteiger partial charge in [-0.2, -0.15) is 0 Å². The minimum atomic E-state index is -0.527. The van der Waals surface area contributed by atoms with Crippen LogP contribution in [0.3, 0.4) is 0 Å². The first-order chi connectivity index (χ1) is 17.9. The number of nitrogen functional groups attached to an aromatic ring is 1. The van der Waals surface area contributed by atoms with Gasteiger partial charge in [-0.25, -0.2) is 19.2 Å². The first-order valence-corrected chi connectivity index (χ1v) is 13.0. The number of nitrogens with zero attached hydrogens (tertiary/aromatic N) is 3. The molecular weight excluding hydrogens is 485 g/mol. The van der Waals surface area contributed by atoms with E-state index in [1.54, 1.807) is 31.1 Å². The van der Waals surface area contributed by atoms with E-state index < -0.39 is 5.60 Å². The molecule has 3 N–H and O–H groups in total. The minimum absolute atomic E-state index is 0.189. The lowest BCUT2D eigenvalue weighted by Gasteiger charge is -2.34. The van der Waals surface area contributed by atoms with Crippen molar-refractivity contribution in [3.63, 3.8) is 0 Å². The molecule has 4 rings (SSSR count). The number of hydrogen-bond acceptors (Lipinski definition) is 7. The molecule has 1 saturated heterocycles. The smallest absolute Gasteiger partial charge is 0.410 e. The van der Waals surface area contributed by atoms with Crippen molar-refractivity contribution >= 4 is 28.5 Å². The van der Waals surface area contributed by atoms with Crippen molar-refractivity contribution in [1.82, 2.24) is 14.9 Å². The molecule has 0 saturated carbocycles. The van der Waals surface area contributed by atoms with Crippen molar-refractivity contribution in [2.24, 2.45) is 0 Å². The van der Waals surface area contributed by atoms with Crippen LogP contribution in [-0.2, 0) is 4.74 Å². The Balaban J connectivity index is 1.64. The van der Waals surface area contributed by atoms with Crippen LogP contribution in [0, 0.1) is 19.7 Å². The number of nitrogens with two attached hydrogens (primary N) is 1. The second kappa shape index (κ2) is 10.6. The van der Waals surface area contributed by atoms with Gasteiger partial charge in [0.15, 0.2) is 0 Å². The number of hydrogen-bond donors (Lipinski definition) is 2. The molecule has 0 aliphatic carbocycles. The summed E-state index contributed by atoms with van der Waals surface area (Å²) in [4.78, 5) is 23.6. The highest BCUT2D eigenvalue weighted by atomic mass is 19.1. The quantitative estimate of drug-likeness (QED) is 0.380. The molecule has 8 nitrogen and oxygen atoms in total. The summed E-state index contributed by atoms with van der Waals surface area (Å²) in [6, 6.07) is 6.90. The van der Waals surface area contributed by atoms with Crippen LogP contribution in [0.25, 0.3) is 10.9 Å². The molecule has 0 radical (unpaired) electrons. The number of aryl methyl sites for hydroxylation is 2. The van der Waals surface area contributed by atoms with Gasteiger partial charge in [-0.05, 0) is 89.6 Å². The molecule has 204 valence electrons. The van der Waals surface area contributed by atoms with Gasteiger partial charge in [0, 0.05) is 35.8 Å². The van der Waals surface area contributed by atoms with Gasteiger partial charge < -0.3 is 25.4 Å². The number of rotatable bonds is 5. The molecule has 9 heteroatoms. The standard InChI is InChI=1S/C29H38FN5O3/c1-16-12-20(31)13-21(26(16)30)17(2)32-27-23-14-22(25(37-7)15-24(23)33-18(3)34-27)19-8-10-35(11-9-19)28(36)38-29(4,5)6/h12-15,17,19H,8-11,31H2,1-7H3,(H,32,33,34)/t17-/m1/s1. The maximum atomic E-state index is 14.9. The molecule has 0 spiro atoms. The van der Waals surface area contributed by atoms with E-state index in [0.29, 0.717) is 41.5 Å². The number of anilines is 2. The minimum Gasteiger partial charge on any atom is -0.496 e. The summed E-state index contributed by atoms with van der Waals surface area (Å²) in [7, 11) is 1.65. The Morgan fingerprint density at radius 2 is 1.84 bits per heavy atom. The second-order valence-corrected chi connectivity index (χ2v) is 11.1. The lowest BCUT2D eigenvalue weighted by Crippen LogP contribution is -2.41. The molecule has 3 aromatic rings. The van der Waals surface area contributed by atoms with Gasteiger partial charge in [-0.3, -0.25) is 0 Å². The first-order valence-electron chi connectivity index (χ1n) is 13.0. The molecular formula is C29H38FN5O3. The predicted molar refractivity (Wildman–Crippen MR) is 148 cm³/mol. The normalized spacial score (nSPS) is 15.4. The van der Waals surface area contributed by atoms with Gasteiger partial charge in [0.05, 0.1) is 18.7 Å². The summed E-state index contributed by atoms with van der Waals surface area (Å²) in [5.74, 6) is 1.87. The average Bonchev–Trinajstić information content (AvgIpc) is 2.84. The van der Waals surface area contributed by atoms with Crippen molar-refractivity contribution in [3.8, 4) is 5.75 Å². The van der Waals surface area contributed by atoms with Gasteiger partial charge in [-0.15, -0.1) is 0 Å². The molecule has 1 aliphatic heterocycles. The van der Waals surface area contributed by atoms with E-state index in [0.717, 1.165) is 35.1 Å². The number of likely N-dealkylation sites (tertiary alicyclic amines) is 1. The van der Waals surface area contributed by atoms with E-state index in [1.165, 1.54) is 0 Å². The molecule has 1 amide bonds. The van der Waals surface area contributed by atoms with Gasteiger partial charge in [-0.1, -0.05) is 0 Å². The first kappa shape index (κ1) is 27.4. The number of piperidine rings is 1. The van der Waals surface area contributed by atoms with Gasteiger partial charge >= 0.3 is 6.09 Å². The second-order valence-electron chi connectivity index (χ2n) is 11.1. The highest BCUT2D eigenvalue weighted by molar-refractivity contribution is 5.91. The molecule has 0 bridgehead atoms. The van der Waals surface area contributed by atoms with Gasteiger partial charge in [0.2, 0.25) is 0 Å². The Hall–Kier alpha value is -3.62. The Labute approximate surface area is 223 Å². The van der Waals surface area contributed by atoms with Crippen LogP contribution in [0.2, 0.25) is 0 Å². The van der Waals surface area contributed by atoms with Crippen LogP contribution in [0.4, 0.5) is 20.7 Å². The highest BCUT2D eigenvalue weighted by Crippen LogP contribution is 2.39. The zero-order valence-corrected chi connectivity index (χ0v) is 23.3. The third kappa shape index (κ3) is 5.92. The molecule has 2 aromatic carbocycles. The zero-order valence-electron chi connectivity index (χ0n) is 23.3. The summed E-state index contributed by atoms with van der Waals surface area (Å²) in [6.07, 6.45) is 1.27. The fourth-order valence-electron chi connectivity index (χ4n) is 5.02. The highest BCUT2D eigenvalue weighted by Gasteiger charge is 2.29. The summed E-state index contributed by atoms with van der Waals surface area (Å²) in [6.45, 7) is 12.2. The Morgan fingerprint density at radius 1 is 1.16 bits per heavy atom. The lowest BCUT2D eigenvalue weighted by molar-refractivity contribution is 0.0204. The number of benzene rings is 2. The number of methoxy groups -OCH3 is 1. The fraction of sp³-hybridized carbons (Fsp3) is 0.483. The number of carbonyl (C=O) groups is 1. The topological polar surface area (TPSA) is 103 Å². The number of ether oxygens (including phenoxy) is 2. The maximum absolute atomic E-state index is 14.9. The van der Waals surface area contributed by atoms with Crippen LogP contribution in [0.1, 0.15) is 75.0 Å². The third-order valence-electron chi connectivity index (χ3n) is 6.87. The molecule has 1 atom stereocenters. The molecule has 1 aliphatic rings. The van der Waals surface area contributed by atoms with E-state index in [4.69, 9.17) is 15.2 Å². The van der Waals surface area contributed by atoms with Crippen molar-refractivity contribution in [2.45, 2.75) is 71.9 Å². The number of halogens is 1. The van der Waals surface area contributed by atoms with Crippen LogP contribution in [0.5, 0.6) is 5.75 Å². The van der Waals surface area contributed by atoms with Crippen LogP contribution in [-0.4, -0.2) is 46.8 Å². The van der Waals surface area contributed by atoms with E-state index in [2.05, 4.69) is 21.4 Å². The number of carbonyl (C=O) groups excluding carboxylic acids is 1. The summed E-state index contributed by atoms with van der Waals surface area (Å²) >= 11 is 0. The SMILES string of the molecule is COc1cc2nc(C)nc(N[C@H](C)c3cc(N)cc(C)c3F)c2cc1C1CCN(C(=O)OC(C)(C)C)CC1. The molecule has 0 unspecified atom stereocenters. The van der Waals surface area contributed by atoms with E-state index >= 15 is 0 Å². The van der Waals surface area contributed by atoms with E-state index in [9.17, 15) is 9.18 Å². The van der Waals surface area contributed by atoms with E-state index in [-0.39, 0.29) is 23.9 Å². The van der Waals surface area contributed by atoms with Crippen molar-refractivity contribution in [3.05, 3.63) is 52.6 Å². The van der Waals surface area contributed by atoms with Crippen molar-refractivity contribution in [2.75, 3.05) is 31.2 Å². The number of aromatic nitrogens is 2. The van der Waals surface area contributed by atoms with Crippen LogP contribution in [0.15, 0.2) is 24.3 Å². The predicted octanol–water partition coefficient (Wildman–Crippen LogP) is 6.26. The lowest BCUT2D eigenvalue weighted by atomic mass is 9.88. The summed E-state index contributed by atoms with van der Waals surface area (Å²) in [5, 5.41) is 4.22. The molecule has 2 heterocycles. The maximum Gasteiger partial charge on any atom is 0.410 e. The summed E-state index contributed by atoms with van der Waals surface area (Å²) in [5.41, 5.74) is 8.75. The van der Waals surface area contributed by atoms with Crippen LogP contribution < -0.4 is 15.8 Å². The van der Waals surface area contributed by atoms with Gasteiger partial charge in [0.1, 0.15) is 28.8 Å². The Kier molecular flexibility index (Phi) is 7.67. The molecule has 1 fully saturated rings. The summed E-state index contributed by atoms with van der Waals surface area (Å²) < 4.78 is 26.2. The van der Waals surface area contributed by atoms with Gasteiger partial charge in [0.25, 0.3) is 0 Å². The fourth-order valence-corrected chi connectivity index (χ4v) is 5.02. The number of fused-ring (bicyclic) bond motifs is 1. The average molecular weight is 524 g/mol. The van der Waals surface area contributed by atoms with Crippen LogP contribution >= 0.6 is 0 Å². The third-order valence-corrected chi connectivity index (χ3v) is 6.87. The Bertz CT molecular complexity index is 1350. The van der Waals surface area contributed by atoms with E-state index in [1.807, 2.05) is 40.7 Å². The number of amides is 1.